The summed E-state index contributed by atoms with van der Waals surface area (Å²) in [4.78, 5) is 3.78. The predicted octanol–water partition coefficient (Wildman–Crippen LogP) is 3.45. The molecule has 0 aliphatic carbocycles. The zero-order valence-corrected chi connectivity index (χ0v) is 8.38. The quantitative estimate of drug-likeness (QED) is 0.540. The molecule has 0 atom stereocenters. The summed E-state index contributed by atoms with van der Waals surface area (Å²) >= 11 is 5.31. The van der Waals surface area contributed by atoms with Gasteiger partial charge >= 0.3 is 0 Å². The van der Waals surface area contributed by atoms with Crippen LogP contribution in [0, 0.1) is 0 Å². The normalized spacial score (nSPS) is 8.77. The molecule has 0 fully saturated rings. The van der Waals surface area contributed by atoms with Crippen molar-refractivity contribution in [2.24, 2.45) is 0 Å². The summed E-state index contributed by atoms with van der Waals surface area (Å²) < 4.78 is 11.3. The van der Waals surface area contributed by atoms with E-state index in [2.05, 4.69) is 4.98 Å². The van der Waals surface area contributed by atoms with Crippen LogP contribution in [-0.4, -0.2) is 17.5 Å². The van der Waals surface area contributed by atoms with E-state index >= 15 is 0 Å². The Labute approximate surface area is 84.0 Å². The molecule has 1 nitrogen and oxygen atoms in total. The molecule has 13 heavy (non-hydrogen) atoms. The fourth-order valence-corrected chi connectivity index (χ4v) is 0.867. The van der Waals surface area contributed by atoms with E-state index in [4.69, 9.17) is 11.6 Å². The SMILES string of the molecule is FCCCCCCl.c1ccncc1. The first-order chi connectivity index (χ1) is 6.41. The Balaban J connectivity index is 0.000000223. The number of hydrogen-bond acceptors (Lipinski definition) is 1. The number of nitrogens with zero attached hydrogens (tertiary/aromatic N) is 1. The van der Waals surface area contributed by atoms with Gasteiger partial charge in [-0.25, -0.2) is 0 Å². The summed E-state index contributed by atoms with van der Waals surface area (Å²) in [6.07, 6.45) is 6.05. The Morgan fingerprint density at radius 1 is 1.00 bits per heavy atom. The van der Waals surface area contributed by atoms with Crippen LogP contribution in [0.1, 0.15) is 19.3 Å². The van der Waals surface area contributed by atoms with E-state index in [9.17, 15) is 4.39 Å². The number of halogens is 2. The molecule has 0 aliphatic heterocycles. The first kappa shape index (κ1) is 12.4. The lowest BCUT2D eigenvalue weighted by molar-refractivity contribution is 0.460. The molecule has 0 saturated heterocycles. The van der Waals surface area contributed by atoms with E-state index in [1.165, 1.54) is 0 Å². The molecule has 0 N–H and O–H groups in total. The Hall–Kier alpha value is -0.630. The third kappa shape index (κ3) is 11.4. The molecule has 0 spiro atoms. The first-order valence-corrected chi connectivity index (χ1v) is 4.92. The molecule has 0 aromatic carbocycles. The molecule has 1 heterocycles. The molecule has 0 saturated carbocycles. The van der Waals surface area contributed by atoms with Crippen molar-refractivity contribution in [1.29, 1.82) is 0 Å². The summed E-state index contributed by atoms with van der Waals surface area (Å²) in [5.74, 6) is 0.667. The lowest BCUT2D eigenvalue weighted by Gasteiger charge is -1.87. The van der Waals surface area contributed by atoms with Crippen molar-refractivity contribution in [3.8, 4) is 0 Å². The molecule has 1 rings (SSSR count). The largest absolute Gasteiger partial charge is 0.265 e. The minimum atomic E-state index is -0.198. The molecule has 3 heteroatoms. The maximum Gasteiger partial charge on any atom is 0.0894 e. The molecular weight excluding hydrogens is 189 g/mol. The lowest BCUT2D eigenvalue weighted by atomic mass is 10.3. The molecule has 0 radical (unpaired) electrons. The van der Waals surface area contributed by atoms with Crippen LogP contribution < -0.4 is 0 Å². The van der Waals surface area contributed by atoms with Crippen LogP contribution in [0.3, 0.4) is 0 Å². The fourth-order valence-electron chi connectivity index (χ4n) is 0.678. The van der Waals surface area contributed by atoms with Gasteiger partial charge in [-0.3, -0.25) is 9.37 Å². The fraction of sp³-hybridized carbons (Fsp3) is 0.500. The van der Waals surface area contributed by atoms with Crippen molar-refractivity contribution in [1.82, 2.24) is 4.98 Å². The highest BCUT2D eigenvalue weighted by molar-refractivity contribution is 6.17. The standard InChI is InChI=1S/C5H10ClF.C5H5N/c6-4-2-1-3-5-7;1-2-4-6-5-3-1/h1-5H2;1-5H. The molecule has 1 aromatic heterocycles. The van der Waals surface area contributed by atoms with Crippen LogP contribution in [-0.2, 0) is 0 Å². The molecular formula is C10H15ClFN. The Kier molecular flexibility index (Phi) is 10.8. The highest BCUT2D eigenvalue weighted by atomic mass is 35.5. The van der Waals surface area contributed by atoms with E-state index in [-0.39, 0.29) is 6.67 Å². The van der Waals surface area contributed by atoms with Gasteiger partial charge in [-0.2, -0.15) is 0 Å². The maximum absolute atomic E-state index is 11.3. The van der Waals surface area contributed by atoms with Gasteiger partial charge in [-0.1, -0.05) is 6.07 Å². The molecule has 0 amide bonds. The zero-order valence-electron chi connectivity index (χ0n) is 7.63. The van der Waals surface area contributed by atoms with Gasteiger partial charge in [-0.15, -0.1) is 11.6 Å². The molecule has 0 unspecified atom stereocenters. The van der Waals surface area contributed by atoms with Gasteiger partial charge in [0, 0.05) is 18.3 Å². The van der Waals surface area contributed by atoms with Crippen molar-refractivity contribution >= 4 is 11.6 Å². The third-order valence-corrected chi connectivity index (χ3v) is 1.60. The van der Waals surface area contributed by atoms with E-state index in [1.54, 1.807) is 12.4 Å². The monoisotopic (exact) mass is 203 g/mol. The maximum atomic E-state index is 11.3. The average molecular weight is 204 g/mol. The molecule has 0 bridgehead atoms. The second kappa shape index (κ2) is 11.4. The molecule has 74 valence electrons. The predicted molar refractivity (Wildman–Crippen MR) is 54.8 cm³/mol. The van der Waals surface area contributed by atoms with Gasteiger partial charge in [0.05, 0.1) is 6.67 Å². The van der Waals surface area contributed by atoms with Crippen LogP contribution in [0.4, 0.5) is 4.39 Å². The van der Waals surface area contributed by atoms with Gasteiger partial charge in [-0.05, 0) is 31.4 Å². The average Bonchev–Trinajstić information content (AvgIpc) is 2.22. The van der Waals surface area contributed by atoms with Crippen molar-refractivity contribution in [3.63, 3.8) is 0 Å². The zero-order chi connectivity index (χ0) is 9.78. The third-order valence-electron chi connectivity index (χ3n) is 1.33. The van der Waals surface area contributed by atoms with Crippen LogP contribution in [0.15, 0.2) is 30.6 Å². The van der Waals surface area contributed by atoms with Crippen molar-refractivity contribution in [2.75, 3.05) is 12.6 Å². The van der Waals surface area contributed by atoms with Gasteiger partial charge in [0.25, 0.3) is 0 Å². The van der Waals surface area contributed by atoms with E-state index in [0.717, 1.165) is 12.8 Å². The highest BCUT2D eigenvalue weighted by Gasteiger charge is 1.83. The van der Waals surface area contributed by atoms with Crippen LogP contribution in [0.2, 0.25) is 0 Å². The van der Waals surface area contributed by atoms with Gasteiger partial charge in [0.1, 0.15) is 0 Å². The summed E-state index contributed by atoms with van der Waals surface area (Å²) in [7, 11) is 0. The Morgan fingerprint density at radius 2 is 1.69 bits per heavy atom. The van der Waals surface area contributed by atoms with Gasteiger partial charge < -0.3 is 0 Å². The lowest BCUT2D eigenvalue weighted by Crippen LogP contribution is -1.77. The van der Waals surface area contributed by atoms with E-state index in [1.807, 2.05) is 18.2 Å². The van der Waals surface area contributed by atoms with Crippen molar-refractivity contribution in [2.45, 2.75) is 19.3 Å². The summed E-state index contributed by atoms with van der Waals surface area (Å²) in [6.45, 7) is -0.198. The second-order valence-electron chi connectivity index (χ2n) is 2.46. The highest BCUT2D eigenvalue weighted by Crippen LogP contribution is 1.96. The van der Waals surface area contributed by atoms with Crippen LogP contribution >= 0.6 is 11.6 Å². The van der Waals surface area contributed by atoms with Crippen LogP contribution in [0.25, 0.3) is 0 Å². The number of alkyl halides is 2. The van der Waals surface area contributed by atoms with Crippen molar-refractivity contribution < 1.29 is 4.39 Å². The molecule has 1 aromatic rings. The Bertz CT molecular complexity index is 139. The minimum absolute atomic E-state index is 0.198. The van der Waals surface area contributed by atoms with Crippen molar-refractivity contribution in [3.05, 3.63) is 30.6 Å². The van der Waals surface area contributed by atoms with Gasteiger partial charge in [0.2, 0.25) is 0 Å². The summed E-state index contributed by atoms with van der Waals surface area (Å²) in [5, 5.41) is 0. The summed E-state index contributed by atoms with van der Waals surface area (Å²) in [5.41, 5.74) is 0. The number of pyridine rings is 1. The Morgan fingerprint density at radius 3 is 2.00 bits per heavy atom. The smallest absolute Gasteiger partial charge is 0.0894 e. The number of unbranched alkanes of at least 4 members (excludes halogenated alkanes) is 2. The van der Waals surface area contributed by atoms with E-state index < -0.39 is 0 Å². The minimum Gasteiger partial charge on any atom is -0.265 e. The molecule has 0 aliphatic rings. The number of rotatable bonds is 4. The second-order valence-corrected chi connectivity index (χ2v) is 2.84. The number of aromatic nitrogens is 1. The van der Waals surface area contributed by atoms with E-state index in [0.29, 0.717) is 12.3 Å². The number of hydrogen-bond donors (Lipinski definition) is 0. The first-order valence-electron chi connectivity index (χ1n) is 4.38. The topological polar surface area (TPSA) is 12.9 Å². The van der Waals surface area contributed by atoms with Crippen LogP contribution in [0.5, 0.6) is 0 Å². The summed E-state index contributed by atoms with van der Waals surface area (Å²) in [6, 6.07) is 5.72. The van der Waals surface area contributed by atoms with Gasteiger partial charge in [0.15, 0.2) is 0 Å².